The van der Waals surface area contributed by atoms with Crippen LogP contribution in [0, 0.1) is 43.7 Å². The van der Waals surface area contributed by atoms with Crippen molar-refractivity contribution in [3.63, 3.8) is 0 Å². The number of methoxy groups -OCH3 is 1. The minimum absolute atomic E-state index is 0. The monoisotopic (exact) mass is 1020 g/mol. The van der Waals surface area contributed by atoms with Crippen LogP contribution in [0.3, 0.4) is 0 Å². The van der Waals surface area contributed by atoms with Gasteiger partial charge in [-0.15, -0.1) is 5.54 Å². The standard InChI is InChI=1S/C18H22NO5.C17H33N4O3S.C9H10NO.Ho/c1-3-10-24-16-11-13(7-8-15(16)23-2)17(21)18(22)19-9-5-4-6-14(19)12-20;1-12(2)11-14(15(23)18-8-9-22)19-16(24)13(7-10-25-6)20-21-17(3,4)5;10-9(7-11)6-8-4-2-1-3-5-8;/h7-8,11,14H,3-6,9-10H2,1-2H3;9,12-14,20H,7-8,10-11H2,1-6H3,(H,18,23)(H,19,24);1-5,7,9-10H,6H2;/q3*-1;+3/t;13-,14?;9-;/m.00./s1/i;9D;;. The minimum atomic E-state index is -0.878. The van der Waals surface area contributed by atoms with Crippen LogP contribution in [-0.4, -0.2) is 116 Å². The van der Waals surface area contributed by atoms with Crippen LogP contribution in [-0.2, 0) is 35.2 Å². The number of piperidine rings is 1. The molecule has 0 saturated carbocycles. The van der Waals surface area contributed by atoms with Gasteiger partial charge in [-0.25, -0.2) is 6.29 Å². The molecule has 0 aromatic heterocycles. The number of likely N-dealkylation sites (tertiary alicyclic amines) is 1. The predicted octanol–water partition coefficient (Wildman–Crippen LogP) is 5.64. The number of ketones is 1. The molecule has 15 nitrogen and oxygen atoms in total. The molecule has 1 aliphatic rings. The molecule has 1 aliphatic heterocycles. The topological polar surface area (TPSA) is 215 Å². The van der Waals surface area contributed by atoms with Gasteiger partial charge in [-0.1, -0.05) is 96.8 Å². The first-order valence-electron chi connectivity index (χ1n) is 20.7. The Labute approximate surface area is 397 Å². The summed E-state index contributed by atoms with van der Waals surface area (Å²) in [7, 11) is 1.51. The van der Waals surface area contributed by atoms with Gasteiger partial charge in [-0.3, -0.25) is 19.2 Å². The Morgan fingerprint density at radius 2 is 1.75 bits per heavy atom. The molecule has 0 bridgehead atoms. The molecule has 4 N–H and O–H groups in total. The molecule has 61 heavy (non-hydrogen) atoms. The Balaban J connectivity index is 0.000000956. The summed E-state index contributed by atoms with van der Waals surface area (Å²) >= 11 is 1.63. The summed E-state index contributed by atoms with van der Waals surface area (Å²) in [6.07, 6.45) is 8.14. The molecule has 2 aromatic carbocycles. The van der Waals surface area contributed by atoms with Crippen LogP contribution in [0.1, 0.15) is 97.4 Å². The van der Waals surface area contributed by atoms with Crippen molar-refractivity contribution >= 4 is 54.1 Å². The van der Waals surface area contributed by atoms with Gasteiger partial charge in [0.2, 0.25) is 17.6 Å². The summed E-state index contributed by atoms with van der Waals surface area (Å²) < 4.78 is 17.7. The predicted molar refractivity (Wildman–Crippen MR) is 236 cm³/mol. The Bertz CT molecular complexity index is 1690. The van der Waals surface area contributed by atoms with Gasteiger partial charge in [-0.05, 0) is 73.8 Å². The third-order valence-electron chi connectivity index (χ3n) is 8.60. The van der Waals surface area contributed by atoms with Crippen molar-refractivity contribution in [2.45, 2.75) is 116 Å². The number of rotatable bonds is 22. The normalized spacial score (nSPS) is 15.0. The number of nitrogens with zero attached hydrogens (tertiary/aromatic N) is 2. The van der Waals surface area contributed by atoms with Crippen molar-refractivity contribution in [3.8, 4) is 11.5 Å². The summed E-state index contributed by atoms with van der Waals surface area (Å²) in [6, 6.07) is 11.7. The van der Waals surface area contributed by atoms with E-state index in [-0.39, 0.29) is 67.2 Å². The van der Waals surface area contributed by atoms with Crippen molar-refractivity contribution in [2.24, 2.45) is 5.92 Å². The van der Waals surface area contributed by atoms with E-state index < -0.39 is 48.0 Å². The molecule has 17 heteroatoms. The number of nitrogens with one attached hydrogen (secondary N) is 4. The van der Waals surface area contributed by atoms with Gasteiger partial charge in [0.1, 0.15) is 20.0 Å². The largest absolute Gasteiger partial charge is 3.00 e. The molecule has 4 atom stereocenters. The van der Waals surface area contributed by atoms with E-state index in [1.165, 1.54) is 24.1 Å². The summed E-state index contributed by atoms with van der Waals surface area (Å²) in [5, 5.41) is 5.15. The van der Waals surface area contributed by atoms with E-state index in [9.17, 15) is 33.6 Å². The third kappa shape index (κ3) is 23.6. The summed E-state index contributed by atoms with van der Waals surface area (Å²) in [5.41, 5.74) is 15.4. The van der Waals surface area contributed by atoms with Crippen molar-refractivity contribution in [3.05, 3.63) is 70.8 Å². The Morgan fingerprint density at radius 3 is 2.31 bits per heavy atom. The number of hydrogen-bond donors (Lipinski definition) is 3. The van der Waals surface area contributed by atoms with Gasteiger partial charge in [-0.2, -0.15) is 11.8 Å². The van der Waals surface area contributed by atoms with E-state index in [1.807, 2.05) is 84.4 Å². The van der Waals surface area contributed by atoms with Gasteiger partial charge in [0.25, 0.3) is 5.91 Å². The second-order valence-electron chi connectivity index (χ2n) is 15.4. The number of aldehydes is 2. The molecule has 2 unspecified atom stereocenters. The fourth-order valence-electron chi connectivity index (χ4n) is 5.59. The molecule has 0 aliphatic carbocycles. The van der Waals surface area contributed by atoms with Crippen LogP contribution in [0.25, 0.3) is 11.2 Å². The van der Waals surface area contributed by atoms with E-state index in [2.05, 4.69) is 21.5 Å². The minimum Gasteiger partial charge on any atom is -0.668 e. The van der Waals surface area contributed by atoms with Crippen molar-refractivity contribution in [2.75, 3.05) is 38.8 Å². The number of ether oxygens (including phenoxy) is 2. The van der Waals surface area contributed by atoms with Crippen LogP contribution >= 0.6 is 11.8 Å². The zero-order chi connectivity index (χ0) is 46.0. The molecule has 1 heterocycles. The second kappa shape index (κ2) is 32.3. The van der Waals surface area contributed by atoms with E-state index in [4.69, 9.17) is 16.6 Å². The van der Waals surface area contributed by atoms with Crippen LogP contribution in [0.15, 0.2) is 48.5 Å². The van der Waals surface area contributed by atoms with Gasteiger partial charge in [0.05, 0.1) is 26.3 Å². The maximum Gasteiger partial charge on any atom is 3.00 e. The molecule has 3 rings (SSSR count). The Kier molecular flexibility index (Phi) is 29.5. The molecule has 3 amide bonds. The molecular weight excluding hydrogens is 954 g/mol. The van der Waals surface area contributed by atoms with Crippen molar-refractivity contribution in [1.29, 1.82) is 0 Å². The fourth-order valence-corrected chi connectivity index (χ4v) is 6.06. The van der Waals surface area contributed by atoms with Gasteiger partial charge >= 0.3 is 37.7 Å². The Hall–Kier alpha value is -3.38. The molecule has 0 radical (unpaired) electrons. The number of carbonyl (C=O) groups is 6. The van der Waals surface area contributed by atoms with Gasteiger partial charge in [0.15, 0.2) is 11.5 Å². The fraction of sp³-hybridized carbons (Fsp3) is 0.568. The molecule has 0 spiro atoms. The maximum atomic E-state index is 12.7. The van der Waals surface area contributed by atoms with E-state index in [0.717, 1.165) is 30.6 Å². The first-order valence-corrected chi connectivity index (χ1v) is 21.6. The SMILES string of the molecule is CCCOc1cc(C(=O)C(=O)N2CCCCC2[C-]=O)ccc1OC.[2H]C(=O)CNC(=O)C(CC(C)C)NC(=O)[C@H](CCSC)N[N-]C(C)(C)C.[Ho+3].[NH-][C@H](C=O)Cc1ccccc1. The van der Waals surface area contributed by atoms with Crippen LogP contribution < -0.4 is 25.5 Å². The molecule has 1 fully saturated rings. The number of benzene rings is 2. The molecular formula is C44H65HoN6O9S. The van der Waals surface area contributed by atoms with Crippen molar-refractivity contribution < 1.29 is 82.1 Å². The van der Waals surface area contributed by atoms with E-state index in [1.54, 1.807) is 17.8 Å². The summed E-state index contributed by atoms with van der Waals surface area (Å²) in [6.45, 7) is 12.2. The average Bonchev–Trinajstić information content (AvgIpc) is 3.24. The smallest absolute Gasteiger partial charge is 0.668 e. The quantitative estimate of drug-likeness (QED) is 0.0328. The van der Waals surface area contributed by atoms with Crippen LogP contribution in [0.5, 0.6) is 11.5 Å². The first kappa shape index (κ1) is 55.6. The maximum absolute atomic E-state index is 12.7. The molecule has 342 valence electrons. The number of thioether (sulfide) groups is 1. The van der Waals surface area contributed by atoms with E-state index >= 15 is 0 Å². The van der Waals surface area contributed by atoms with Crippen LogP contribution in [0.4, 0.5) is 0 Å². The van der Waals surface area contributed by atoms with E-state index in [0.29, 0.717) is 56.6 Å². The average molecular weight is 1020 g/mol. The van der Waals surface area contributed by atoms with Crippen LogP contribution in [0.2, 0.25) is 0 Å². The summed E-state index contributed by atoms with van der Waals surface area (Å²) in [5.74, 6) is -0.196. The number of amides is 3. The van der Waals surface area contributed by atoms with Gasteiger partial charge in [0, 0.05) is 12.1 Å². The van der Waals surface area contributed by atoms with Crippen molar-refractivity contribution in [1.82, 2.24) is 21.0 Å². The molecule has 2 aromatic rings. The Morgan fingerprint density at radius 1 is 1.07 bits per heavy atom. The first-order chi connectivity index (χ1) is 28.9. The number of carbonyl (C=O) groups excluding carboxylic acids is 7. The summed E-state index contributed by atoms with van der Waals surface area (Å²) in [4.78, 5) is 83.1. The zero-order valence-electron chi connectivity index (χ0n) is 37.6. The zero-order valence-corrected chi connectivity index (χ0v) is 39.4. The second-order valence-corrected chi connectivity index (χ2v) is 16.4. The number of Topliss-reactive ketones (excluding diaryl/α,β-unsaturated/α-hetero) is 1. The third-order valence-corrected chi connectivity index (χ3v) is 9.25. The van der Waals surface area contributed by atoms with Gasteiger partial charge < -0.3 is 56.0 Å². The molecule has 1 saturated heterocycles. The number of hydrogen-bond acceptors (Lipinski definition) is 11.